The Kier molecular flexibility index (Phi) is 4.98. The summed E-state index contributed by atoms with van der Waals surface area (Å²) in [5.74, 6) is 0. The fourth-order valence-corrected chi connectivity index (χ4v) is 2.11. The number of hydrogen-bond donors (Lipinski definition) is 1. The number of aromatic nitrogens is 2. The van der Waals surface area contributed by atoms with Gasteiger partial charge in [0, 0.05) is 20.9 Å². The van der Waals surface area contributed by atoms with Gasteiger partial charge < -0.3 is 9.84 Å². The van der Waals surface area contributed by atoms with Crippen molar-refractivity contribution >= 4 is 19.7 Å². The van der Waals surface area contributed by atoms with Gasteiger partial charge in [-0.2, -0.15) is 5.10 Å². The maximum atomic E-state index is 8.91. The van der Waals surface area contributed by atoms with Crippen LogP contribution >= 0.6 is 11.6 Å². The highest BCUT2D eigenvalue weighted by Gasteiger charge is 2.12. The van der Waals surface area contributed by atoms with Crippen LogP contribution in [0.4, 0.5) is 0 Å². The second-order valence-electron chi connectivity index (χ2n) is 4.97. The van der Waals surface area contributed by atoms with Crippen molar-refractivity contribution in [2.24, 2.45) is 0 Å². The number of nitrogens with zero attached hydrogens (tertiary/aromatic N) is 2. The molecule has 0 amide bonds. The van der Waals surface area contributed by atoms with E-state index >= 15 is 0 Å². The molecule has 0 spiro atoms. The summed E-state index contributed by atoms with van der Waals surface area (Å²) in [6.45, 7) is 7.94. The molecule has 0 aliphatic rings. The summed E-state index contributed by atoms with van der Waals surface area (Å²) >= 11 is 5.84. The molecule has 0 fully saturated rings. The lowest BCUT2D eigenvalue weighted by Crippen LogP contribution is -2.22. The number of ether oxygens (including phenoxy) is 1. The zero-order chi connectivity index (χ0) is 12.2. The molecule has 4 nitrogen and oxygen atoms in total. The van der Waals surface area contributed by atoms with E-state index < -0.39 is 8.07 Å². The van der Waals surface area contributed by atoms with Crippen LogP contribution in [0.3, 0.4) is 0 Å². The molecule has 1 rings (SSSR count). The molecule has 0 atom stereocenters. The first-order valence-corrected chi connectivity index (χ1v) is 9.41. The number of aliphatic hydroxyl groups is 1. The zero-order valence-corrected chi connectivity index (χ0v) is 11.8. The van der Waals surface area contributed by atoms with Gasteiger partial charge in [-0.3, -0.25) is 0 Å². The molecule has 0 unspecified atom stereocenters. The maximum absolute atomic E-state index is 8.91. The van der Waals surface area contributed by atoms with Crippen LogP contribution < -0.4 is 0 Å². The van der Waals surface area contributed by atoms with Crippen LogP contribution in [-0.4, -0.2) is 29.6 Å². The van der Waals surface area contributed by atoms with E-state index in [9.17, 15) is 0 Å². The third-order valence-electron chi connectivity index (χ3n) is 2.16. The minimum absolute atomic E-state index is 0.138. The molecule has 6 heteroatoms. The predicted octanol–water partition coefficient (Wildman–Crippen LogP) is 2.34. The summed E-state index contributed by atoms with van der Waals surface area (Å²) in [6, 6.07) is 1.13. The van der Waals surface area contributed by atoms with E-state index in [1.807, 2.05) is 0 Å². The van der Waals surface area contributed by atoms with Crippen LogP contribution in [-0.2, 0) is 18.1 Å². The van der Waals surface area contributed by atoms with Crippen LogP contribution in [0.2, 0.25) is 30.7 Å². The van der Waals surface area contributed by atoms with Crippen molar-refractivity contribution in [3.8, 4) is 0 Å². The Hall–Kier alpha value is -0.363. The molecule has 0 aromatic carbocycles. The molecule has 0 saturated carbocycles. The average molecular weight is 263 g/mol. The molecule has 16 heavy (non-hydrogen) atoms. The minimum Gasteiger partial charge on any atom is -0.390 e. The average Bonchev–Trinajstić information content (AvgIpc) is 2.52. The Morgan fingerprint density at radius 3 is 2.69 bits per heavy atom. The van der Waals surface area contributed by atoms with Crippen LogP contribution in [0.15, 0.2) is 6.20 Å². The topological polar surface area (TPSA) is 47.3 Å². The van der Waals surface area contributed by atoms with Gasteiger partial charge in [-0.25, -0.2) is 4.68 Å². The Bertz CT molecular complexity index is 336. The smallest absolute Gasteiger partial charge is 0.139 e. The first kappa shape index (κ1) is 13.7. The van der Waals surface area contributed by atoms with E-state index in [-0.39, 0.29) is 6.61 Å². The number of halogens is 1. The third kappa shape index (κ3) is 4.65. The summed E-state index contributed by atoms with van der Waals surface area (Å²) in [4.78, 5) is 0. The Morgan fingerprint density at radius 2 is 2.19 bits per heavy atom. The highest BCUT2D eigenvalue weighted by Crippen LogP contribution is 2.13. The van der Waals surface area contributed by atoms with Crippen molar-refractivity contribution in [1.29, 1.82) is 0 Å². The van der Waals surface area contributed by atoms with Crippen LogP contribution in [0.25, 0.3) is 0 Å². The summed E-state index contributed by atoms with van der Waals surface area (Å²) in [5, 5.41) is 13.5. The van der Waals surface area contributed by atoms with Gasteiger partial charge >= 0.3 is 0 Å². The van der Waals surface area contributed by atoms with Gasteiger partial charge in [0.2, 0.25) is 0 Å². The maximum Gasteiger partial charge on any atom is 0.139 e. The molecule has 0 saturated heterocycles. The van der Waals surface area contributed by atoms with Gasteiger partial charge in [-0.15, -0.1) is 0 Å². The molecular weight excluding hydrogens is 244 g/mol. The van der Waals surface area contributed by atoms with Gasteiger partial charge in [0.15, 0.2) is 0 Å². The lowest BCUT2D eigenvalue weighted by Gasteiger charge is -2.15. The molecule has 92 valence electrons. The monoisotopic (exact) mass is 262 g/mol. The van der Waals surface area contributed by atoms with Crippen molar-refractivity contribution in [2.45, 2.75) is 39.0 Å². The second kappa shape index (κ2) is 5.81. The van der Waals surface area contributed by atoms with E-state index in [2.05, 4.69) is 24.7 Å². The Labute approximate surface area is 102 Å². The van der Waals surface area contributed by atoms with Gasteiger partial charge in [0.05, 0.1) is 11.6 Å². The molecule has 1 N–H and O–H groups in total. The van der Waals surface area contributed by atoms with Crippen molar-refractivity contribution in [3.63, 3.8) is 0 Å². The van der Waals surface area contributed by atoms with Crippen LogP contribution in [0, 0.1) is 0 Å². The van der Waals surface area contributed by atoms with E-state index in [0.29, 0.717) is 17.4 Å². The normalized spacial score (nSPS) is 12.1. The zero-order valence-electron chi connectivity index (χ0n) is 10.0. The quantitative estimate of drug-likeness (QED) is 0.632. The Balaban J connectivity index is 2.32. The van der Waals surface area contributed by atoms with E-state index in [1.165, 1.54) is 0 Å². The number of aliphatic hydroxyl groups excluding tert-OH is 1. The molecular formula is C10H19ClN2O2Si. The highest BCUT2D eigenvalue weighted by molar-refractivity contribution is 6.76. The van der Waals surface area contributed by atoms with Crippen molar-refractivity contribution < 1.29 is 9.84 Å². The first-order valence-electron chi connectivity index (χ1n) is 5.33. The van der Waals surface area contributed by atoms with Gasteiger partial charge in [0.1, 0.15) is 12.4 Å². The number of rotatable bonds is 6. The van der Waals surface area contributed by atoms with Crippen LogP contribution in [0.5, 0.6) is 0 Å². The first-order chi connectivity index (χ1) is 7.42. The van der Waals surface area contributed by atoms with E-state index in [0.717, 1.165) is 12.7 Å². The molecule has 0 radical (unpaired) electrons. The highest BCUT2D eigenvalue weighted by atomic mass is 35.5. The summed E-state index contributed by atoms with van der Waals surface area (Å²) in [7, 11) is -1.03. The number of hydrogen-bond acceptors (Lipinski definition) is 3. The van der Waals surface area contributed by atoms with Crippen molar-refractivity contribution in [2.75, 3.05) is 6.61 Å². The molecule has 0 aliphatic heterocycles. The summed E-state index contributed by atoms with van der Waals surface area (Å²) in [6.07, 6.45) is 1.67. The van der Waals surface area contributed by atoms with Crippen molar-refractivity contribution in [1.82, 2.24) is 9.78 Å². The second-order valence-corrected chi connectivity index (χ2v) is 11.0. The van der Waals surface area contributed by atoms with E-state index in [1.54, 1.807) is 10.9 Å². The minimum atomic E-state index is -1.03. The molecule has 1 heterocycles. The summed E-state index contributed by atoms with van der Waals surface area (Å²) in [5.41, 5.74) is 0.496. The largest absolute Gasteiger partial charge is 0.390 e. The van der Waals surface area contributed by atoms with Crippen molar-refractivity contribution in [3.05, 3.63) is 16.9 Å². The molecule has 1 aromatic rings. The molecule has 0 aliphatic carbocycles. The van der Waals surface area contributed by atoms with E-state index in [4.69, 9.17) is 21.4 Å². The molecule has 1 aromatic heterocycles. The molecule has 0 bridgehead atoms. The third-order valence-corrected chi connectivity index (χ3v) is 4.18. The Morgan fingerprint density at radius 1 is 1.50 bits per heavy atom. The lowest BCUT2D eigenvalue weighted by atomic mass is 10.5. The van der Waals surface area contributed by atoms with Crippen LogP contribution in [0.1, 0.15) is 5.69 Å². The van der Waals surface area contributed by atoms with Gasteiger partial charge in [-0.05, 0) is 6.04 Å². The van der Waals surface area contributed by atoms with Gasteiger partial charge in [-0.1, -0.05) is 31.2 Å². The summed E-state index contributed by atoms with van der Waals surface area (Å²) < 4.78 is 7.11. The standard InChI is InChI=1S/C10H19ClN2O2Si/c1-16(2,3)5-4-15-8-13-6-9(11)10(7-14)12-13/h6,14H,4-5,7-8H2,1-3H3. The fraction of sp³-hybridized carbons (Fsp3) is 0.700. The lowest BCUT2D eigenvalue weighted by molar-refractivity contribution is 0.0778. The van der Waals surface area contributed by atoms with Gasteiger partial charge in [0.25, 0.3) is 0 Å². The predicted molar refractivity (Wildman–Crippen MR) is 67.3 cm³/mol. The SMILES string of the molecule is C[Si](C)(C)CCOCn1cc(Cl)c(CO)n1. The fourth-order valence-electron chi connectivity index (χ4n) is 1.15.